The molecule has 0 aliphatic carbocycles. The maximum absolute atomic E-state index is 12.6. The van der Waals surface area contributed by atoms with Gasteiger partial charge in [0.05, 0.1) is 11.3 Å². The Hall–Kier alpha value is -2.37. The molecule has 1 unspecified atom stereocenters. The Morgan fingerprint density at radius 1 is 1.33 bits per heavy atom. The topological polar surface area (TPSA) is 86.7 Å². The molecule has 6 nitrogen and oxygen atoms in total. The van der Waals surface area contributed by atoms with Crippen molar-refractivity contribution < 1.29 is 19.5 Å². The van der Waals surface area contributed by atoms with Gasteiger partial charge in [-0.2, -0.15) is 0 Å². The molecule has 0 radical (unpaired) electrons. The van der Waals surface area contributed by atoms with Gasteiger partial charge in [0.1, 0.15) is 12.6 Å². The van der Waals surface area contributed by atoms with Crippen LogP contribution in [-0.4, -0.2) is 35.5 Å². The van der Waals surface area contributed by atoms with Gasteiger partial charge in [-0.3, -0.25) is 19.3 Å². The van der Waals surface area contributed by atoms with Crippen molar-refractivity contribution in [3.8, 4) is 0 Å². The van der Waals surface area contributed by atoms with Crippen LogP contribution in [0.15, 0.2) is 24.3 Å². The summed E-state index contributed by atoms with van der Waals surface area (Å²) in [7, 11) is 0. The summed E-state index contributed by atoms with van der Waals surface area (Å²) in [6, 6.07) is 5.84. The third-order valence-electron chi connectivity index (χ3n) is 3.31. The quantitative estimate of drug-likeness (QED) is 0.874. The molecule has 1 aliphatic rings. The molecule has 1 heterocycles. The second kappa shape index (κ2) is 5.95. The molecule has 0 spiro atoms. The minimum absolute atomic E-state index is 0.201. The maximum Gasteiger partial charge on any atom is 0.323 e. The first-order valence-corrected chi connectivity index (χ1v) is 6.83. The fourth-order valence-electron chi connectivity index (χ4n) is 2.44. The Morgan fingerprint density at radius 2 is 2.00 bits per heavy atom. The molecule has 6 heteroatoms. The van der Waals surface area contributed by atoms with Crippen LogP contribution in [0.5, 0.6) is 0 Å². The molecule has 1 aromatic rings. The molecular weight excluding hydrogens is 272 g/mol. The summed E-state index contributed by atoms with van der Waals surface area (Å²) in [5.41, 5.74) is 0.659. The summed E-state index contributed by atoms with van der Waals surface area (Å²) < 4.78 is 0. The third-order valence-corrected chi connectivity index (χ3v) is 3.31. The number of rotatable bonds is 4. The highest BCUT2D eigenvalue weighted by Crippen LogP contribution is 2.25. The highest BCUT2D eigenvalue weighted by Gasteiger charge is 2.34. The molecular formula is C15H18N2O4. The number of amides is 2. The zero-order valence-corrected chi connectivity index (χ0v) is 12.0. The Kier molecular flexibility index (Phi) is 4.26. The molecule has 0 saturated heterocycles. The van der Waals surface area contributed by atoms with E-state index < -0.39 is 18.6 Å². The Labute approximate surface area is 122 Å². The van der Waals surface area contributed by atoms with Gasteiger partial charge in [0.15, 0.2) is 0 Å². The zero-order chi connectivity index (χ0) is 15.6. The van der Waals surface area contributed by atoms with Crippen LogP contribution in [0, 0.1) is 5.92 Å². The van der Waals surface area contributed by atoms with E-state index in [1.54, 1.807) is 24.3 Å². The number of fused-ring (bicyclic) bond motifs is 1. The molecule has 0 saturated carbocycles. The predicted molar refractivity (Wildman–Crippen MR) is 77.1 cm³/mol. The lowest BCUT2D eigenvalue weighted by molar-refractivity contribution is -0.136. The average Bonchev–Trinajstić information content (AvgIpc) is 2.50. The SMILES string of the molecule is CC(C)CC1NC(=O)c2ccccc2N(CC(=O)O)C1=O. The number of hydrogen-bond acceptors (Lipinski definition) is 3. The predicted octanol–water partition coefficient (Wildman–Crippen LogP) is 1.26. The highest BCUT2D eigenvalue weighted by atomic mass is 16.4. The van der Waals surface area contributed by atoms with E-state index in [2.05, 4.69) is 5.32 Å². The molecule has 1 aromatic carbocycles. The van der Waals surface area contributed by atoms with Crippen molar-refractivity contribution in [3.63, 3.8) is 0 Å². The van der Waals surface area contributed by atoms with E-state index in [-0.39, 0.29) is 17.7 Å². The van der Waals surface area contributed by atoms with Crippen LogP contribution in [0.2, 0.25) is 0 Å². The van der Waals surface area contributed by atoms with Crippen LogP contribution < -0.4 is 10.2 Å². The average molecular weight is 290 g/mol. The number of para-hydroxylation sites is 1. The number of carbonyl (C=O) groups is 3. The number of benzene rings is 1. The van der Waals surface area contributed by atoms with Gasteiger partial charge in [0.25, 0.3) is 5.91 Å². The van der Waals surface area contributed by atoms with E-state index in [0.29, 0.717) is 17.7 Å². The Balaban J connectivity index is 2.46. The molecule has 2 amide bonds. The number of nitrogens with one attached hydrogen (secondary N) is 1. The maximum atomic E-state index is 12.6. The van der Waals surface area contributed by atoms with E-state index in [4.69, 9.17) is 5.11 Å². The highest BCUT2D eigenvalue weighted by molar-refractivity contribution is 6.12. The van der Waals surface area contributed by atoms with Gasteiger partial charge in [-0.25, -0.2) is 0 Å². The van der Waals surface area contributed by atoms with Crippen LogP contribution >= 0.6 is 0 Å². The fraction of sp³-hybridized carbons (Fsp3) is 0.400. The first-order chi connectivity index (χ1) is 9.90. The molecule has 0 fully saturated rings. The van der Waals surface area contributed by atoms with Crippen molar-refractivity contribution in [1.82, 2.24) is 5.32 Å². The van der Waals surface area contributed by atoms with Crippen LogP contribution in [0.4, 0.5) is 5.69 Å². The van der Waals surface area contributed by atoms with Crippen LogP contribution in [0.1, 0.15) is 30.6 Å². The van der Waals surface area contributed by atoms with Crippen molar-refractivity contribution >= 4 is 23.5 Å². The number of nitrogens with zero attached hydrogens (tertiary/aromatic N) is 1. The summed E-state index contributed by atoms with van der Waals surface area (Å²) in [5.74, 6) is -1.65. The second-order valence-electron chi connectivity index (χ2n) is 5.49. The lowest BCUT2D eigenvalue weighted by atomic mass is 10.0. The Bertz CT molecular complexity index is 583. The molecule has 2 N–H and O–H groups in total. The van der Waals surface area contributed by atoms with E-state index >= 15 is 0 Å². The van der Waals surface area contributed by atoms with Crippen LogP contribution in [-0.2, 0) is 9.59 Å². The third kappa shape index (κ3) is 3.21. The van der Waals surface area contributed by atoms with Gasteiger partial charge in [0.2, 0.25) is 5.91 Å². The first kappa shape index (κ1) is 15.0. The number of carboxylic acid groups (broad SMARTS) is 1. The van der Waals surface area contributed by atoms with Gasteiger partial charge in [0, 0.05) is 0 Å². The van der Waals surface area contributed by atoms with Crippen molar-refractivity contribution in [2.24, 2.45) is 5.92 Å². The molecule has 1 aliphatic heterocycles. The van der Waals surface area contributed by atoms with E-state index in [0.717, 1.165) is 0 Å². The van der Waals surface area contributed by atoms with Gasteiger partial charge < -0.3 is 10.4 Å². The van der Waals surface area contributed by atoms with Crippen molar-refractivity contribution in [2.75, 3.05) is 11.4 Å². The van der Waals surface area contributed by atoms with Gasteiger partial charge in [-0.15, -0.1) is 0 Å². The molecule has 21 heavy (non-hydrogen) atoms. The monoisotopic (exact) mass is 290 g/mol. The van der Waals surface area contributed by atoms with Crippen LogP contribution in [0.3, 0.4) is 0 Å². The molecule has 1 atom stereocenters. The van der Waals surface area contributed by atoms with Gasteiger partial charge in [-0.05, 0) is 24.5 Å². The number of aliphatic carboxylic acids is 1. The van der Waals surface area contributed by atoms with E-state index in [1.165, 1.54) is 4.90 Å². The second-order valence-corrected chi connectivity index (χ2v) is 5.49. The standard InChI is InChI=1S/C15H18N2O4/c1-9(2)7-11-15(21)17(8-13(18)19)12-6-4-3-5-10(12)14(20)16-11/h3-6,9,11H,7-8H2,1-2H3,(H,16,20)(H,18,19). The van der Waals surface area contributed by atoms with Crippen molar-refractivity contribution in [3.05, 3.63) is 29.8 Å². The number of carbonyl (C=O) groups excluding carboxylic acids is 2. The minimum atomic E-state index is -1.12. The lowest BCUT2D eigenvalue weighted by Crippen LogP contribution is -2.47. The smallest absolute Gasteiger partial charge is 0.323 e. The molecule has 2 rings (SSSR count). The van der Waals surface area contributed by atoms with Crippen molar-refractivity contribution in [2.45, 2.75) is 26.3 Å². The Morgan fingerprint density at radius 3 is 2.62 bits per heavy atom. The summed E-state index contributed by atoms with van der Waals surface area (Å²) in [6.45, 7) is 3.43. The first-order valence-electron chi connectivity index (χ1n) is 6.83. The summed E-state index contributed by atoms with van der Waals surface area (Å²) >= 11 is 0. The normalized spacial score (nSPS) is 18.2. The van der Waals surface area contributed by atoms with E-state index in [1.807, 2.05) is 13.8 Å². The van der Waals surface area contributed by atoms with Crippen molar-refractivity contribution in [1.29, 1.82) is 0 Å². The van der Waals surface area contributed by atoms with E-state index in [9.17, 15) is 14.4 Å². The number of hydrogen-bond donors (Lipinski definition) is 2. The van der Waals surface area contributed by atoms with Gasteiger partial charge >= 0.3 is 5.97 Å². The largest absolute Gasteiger partial charge is 0.480 e. The summed E-state index contributed by atoms with van der Waals surface area (Å²) in [4.78, 5) is 37.0. The number of anilines is 1. The summed E-state index contributed by atoms with van der Waals surface area (Å²) in [6.07, 6.45) is 0.467. The fourth-order valence-corrected chi connectivity index (χ4v) is 2.44. The molecule has 112 valence electrons. The zero-order valence-electron chi connectivity index (χ0n) is 12.0. The molecule has 0 aromatic heterocycles. The summed E-state index contributed by atoms with van der Waals surface area (Å²) in [5, 5.41) is 11.7. The van der Waals surface area contributed by atoms with Gasteiger partial charge in [-0.1, -0.05) is 26.0 Å². The molecule has 0 bridgehead atoms. The minimum Gasteiger partial charge on any atom is -0.480 e. The lowest BCUT2D eigenvalue weighted by Gasteiger charge is -2.24. The number of carboxylic acids is 1. The van der Waals surface area contributed by atoms with Crippen LogP contribution in [0.25, 0.3) is 0 Å².